The average molecular weight is 389 g/mol. The van der Waals surface area contributed by atoms with Crippen LogP contribution in [0, 0.1) is 5.92 Å². The van der Waals surface area contributed by atoms with Gasteiger partial charge in [0.2, 0.25) is 0 Å². The molecule has 0 radical (unpaired) electrons. The van der Waals surface area contributed by atoms with E-state index < -0.39 is 0 Å². The van der Waals surface area contributed by atoms with Gasteiger partial charge in [0.25, 0.3) is 5.91 Å². The van der Waals surface area contributed by atoms with Crippen LogP contribution in [0.1, 0.15) is 29.3 Å². The van der Waals surface area contributed by atoms with E-state index in [9.17, 15) is 4.79 Å². The van der Waals surface area contributed by atoms with E-state index in [4.69, 9.17) is 10.5 Å². The van der Waals surface area contributed by atoms with Gasteiger partial charge in [0.15, 0.2) is 0 Å². The lowest BCUT2D eigenvalue weighted by atomic mass is 10.0. The second kappa shape index (κ2) is 9.89. The molecule has 0 saturated heterocycles. The predicted molar refractivity (Wildman–Crippen MR) is 120 cm³/mol. The van der Waals surface area contributed by atoms with Gasteiger partial charge in [-0.05, 0) is 59.7 Å². The molecule has 4 nitrogen and oxygen atoms in total. The highest BCUT2D eigenvalue weighted by atomic mass is 16.5. The van der Waals surface area contributed by atoms with Gasteiger partial charge in [0.05, 0.1) is 11.4 Å². The molecule has 1 unspecified atom stereocenters. The largest absolute Gasteiger partial charge is 0.397 e. The van der Waals surface area contributed by atoms with E-state index in [0.717, 1.165) is 30.6 Å². The highest BCUT2D eigenvalue weighted by Crippen LogP contribution is 2.27. The molecule has 4 heteroatoms. The normalized spacial score (nSPS) is 11.8. The van der Waals surface area contributed by atoms with Gasteiger partial charge in [0, 0.05) is 19.3 Å². The van der Waals surface area contributed by atoms with E-state index >= 15 is 0 Å². The summed E-state index contributed by atoms with van der Waals surface area (Å²) in [6.45, 7) is 2.95. The van der Waals surface area contributed by atoms with Crippen molar-refractivity contribution >= 4 is 17.3 Å². The Morgan fingerprint density at radius 2 is 1.72 bits per heavy atom. The Morgan fingerprint density at radius 3 is 2.41 bits per heavy atom. The molecular formula is C25H28N2O2. The number of ether oxygens (including phenoxy) is 1. The second-order valence-corrected chi connectivity index (χ2v) is 7.42. The average Bonchev–Trinajstić information content (AvgIpc) is 2.75. The smallest absolute Gasteiger partial charge is 0.255 e. The molecule has 0 aromatic heterocycles. The molecule has 0 bridgehead atoms. The van der Waals surface area contributed by atoms with E-state index in [0.29, 0.717) is 22.9 Å². The molecule has 3 rings (SSSR count). The molecule has 1 atom stereocenters. The second-order valence-electron chi connectivity index (χ2n) is 7.42. The number of methoxy groups -OCH3 is 1. The number of benzene rings is 3. The van der Waals surface area contributed by atoms with Crippen LogP contribution in [0.15, 0.2) is 72.8 Å². The van der Waals surface area contributed by atoms with Crippen LogP contribution < -0.4 is 11.1 Å². The summed E-state index contributed by atoms with van der Waals surface area (Å²) in [6.07, 6.45) is 2.03. The van der Waals surface area contributed by atoms with Gasteiger partial charge in [-0.3, -0.25) is 4.79 Å². The number of aryl methyl sites for hydroxylation is 1. The van der Waals surface area contributed by atoms with Crippen LogP contribution in [0.2, 0.25) is 0 Å². The number of anilines is 2. The monoisotopic (exact) mass is 388 g/mol. The Morgan fingerprint density at radius 1 is 1.00 bits per heavy atom. The Balaban J connectivity index is 1.67. The molecule has 0 saturated carbocycles. The fraction of sp³-hybridized carbons (Fsp3) is 0.240. The number of carbonyl (C=O) groups is 1. The van der Waals surface area contributed by atoms with E-state index in [2.05, 4.69) is 12.2 Å². The molecule has 29 heavy (non-hydrogen) atoms. The third-order valence-corrected chi connectivity index (χ3v) is 5.00. The lowest BCUT2D eigenvalue weighted by molar-refractivity contribution is 0.102. The van der Waals surface area contributed by atoms with Crippen molar-refractivity contribution in [3.63, 3.8) is 0 Å². The summed E-state index contributed by atoms with van der Waals surface area (Å²) < 4.78 is 5.18. The van der Waals surface area contributed by atoms with Crippen molar-refractivity contribution in [3.8, 4) is 11.1 Å². The zero-order chi connectivity index (χ0) is 20.6. The fourth-order valence-electron chi connectivity index (χ4n) is 3.27. The van der Waals surface area contributed by atoms with Crippen LogP contribution >= 0.6 is 0 Å². The number of rotatable bonds is 8. The predicted octanol–water partition coefficient (Wildman–Crippen LogP) is 5.40. The first-order valence-electron chi connectivity index (χ1n) is 9.91. The topological polar surface area (TPSA) is 64.3 Å². The molecule has 3 aromatic carbocycles. The molecule has 0 aliphatic heterocycles. The summed E-state index contributed by atoms with van der Waals surface area (Å²) >= 11 is 0. The van der Waals surface area contributed by atoms with Crippen LogP contribution in [0.3, 0.4) is 0 Å². The number of amides is 1. The molecule has 0 spiro atoms. The van der Waals surface area contributed by atoms with Gasteiger partial charge >= 0.3 is 0 Å². The Hall–Kier alpha value is -3.11. The number of hydrogen-bond acceptors (Lipinski definition) is 3. The van der Waals surface area contributed by atoms with Crippen LogP contribution in [0.4, 0.5) is 11.4 Å². The van der Waals surface area contributed by atoms with Crippen molar-refractivity contribution in [1.29, 1.82) is 0 Å². The molecular weight excluding hydrogens is 360 g/mol. The quantitative estimate of drug-likeness (QED) is 0.508. The van der Waals surface area contributed by atoms with Crippen molar-refractivity contribution in [2.75, 3.05) is 24.8 Å². The highest BCUT2D eigenvalue weighted by molar-refractivity contribution is 6.06. The molecule has 0 aliphatic rings. The van der Waals surface area contributed by atoms with Gasteiger partial charge in [0.1, 0.15) is 0 Å². The number of hydrogen-bond donors (Lipinski definition) is 2. The number of nitrogen functional groups attached to an aromatic ring is 1. The lowest BCUT2D eigenvalue weighted by Gasteiger charge is -2.12. The summed E-state index contributed by atoms with van der Waals surface area (Å²) in [5.41, 5.74) is 11.2. The first kappa shape index (κ1) is 20.6. The van der Waals surface area contributed by atoms with E-state index in [1.807, 2.05) is 72.8 Å². The van der Waals surface area contributed by atoms with Crippen LogP contribution in [-0.4, -0.2) is 19.6 Å². The molecule has 0 aliphatic carbocycles. The van der Waals surface area contributed by atoms with E-state index in [1.165, 1.54) is 5.56 Å². The summed E-state index contributed by atoms with van der Waals surface area (Å²) in [5.74, 6) is 0.351. The first-order chi connectivity index (χ1) is 14.1. The molecule has 1 amide bonds. The van der Waals surface area contributed by atoms with Crippen molar-refractivity contribution in [1.82, 2.24) is 0 Å². The van der Waals surface area contributed by atoms with Crippen LogP contribution in [0.5, 0.6) is 0 Å². The highest BCUT2D eigenvalue weighted by Gasteiger charge is 2.10. The maximum atomic E-state index is 12.7. The molecule has 3 N–H and O–H groups in total. The minimum atomic E-state index is -0.166. The fourth-order valence-corrected chi connectivity index (χ4v) is 3.27. The Bertz CT molecular complexity index is 937. The Kier molecular flexibility index (Phi) is 7.04. The van der Waals surface area contributed by atoms with Gasteiger partial charge < -0.3 is 15.8 Å². The minimum absolute atomic E-state index is 0.166. The summed E-state index contributed by atoms with van der Waals surface area (Å²) in [7, 11) is 1.73. The minimum Gasteiger partial charge on any atom is -0.397 e. The third-order valence-electron chi connectivity index (χ3n) is 5.00. The van der Waals surface area contributed by atoms with Crippen LogP contribution in [-0.2, 0) is 11.2 Å². The van der Waals surface area contributed by atoms with E-state index in [1.54, 1.807) is 7.11 Å². The molecule has 3 aromatic rings. The summed E-state index contributed by atoms with van der Waals surface area (Å²) in [4.78, 5) is 12.7. The van der Waals surface area contributed by atoms with Crippen LogP contribution in [0.25, 0.3) is 11.1 Å². The van der Waals surface area contributed by atoms with Crippen molar-refractivity contribution in [3.05, 3.63) is 83.9 Å². The van der Waals surface area contributed by atoms with Gasteiger partial charge in [-0.2, -0.15) is 0 Å². The first-order valence-corrected chi connectivity index (χ1v) is 9.91. The maximum absolute atomic E-state index is 12.7. The SMILES string of the molecule is COCC(C)CCc1ccc(C(=O)Nc2cc(-c3ccccc3)ccc2N)cc1. The summed E-state index contributed by atoms with van der Waals surface area (Å²) in [5, 5.41) is 2.94. The number of nitrogens with two attached hydrogens (primary N) is 1. The van der Waals surface area contributed by atoms with Crippen molar-refractivity contribution in [2.45, 2.75) is 19.8 Å². The number of nitrogens with one attached hydrogen (secondary N) is 1. The van der Waals surface area contributed by atoms with Crippen molar-refractivity contribution < 1.29 is 9.53 Å². The third kappa shape index (κ3) is 5.69. The zero-order valence-electron chi connectivity index (χ0n) is 17.0. The van der Waals surface area contributed by atoms with Gasteiger partial charge in [-0.25, -0.2) is 0 Å². The lowest BCUT2D eigenvalue weighted by Crippen LogP contribution is -2.13. The maximum Gasteiger partial charge on any atom is 0.255 e. The van der Waals surface area contributed by atoms with Gasteiger partial charge in [-0.1, -0.05) is 55.5 Å². The summed E-state index contributed by atoms with van der Waals surface area (Å²) in [6, 6.07) is 23.5. The molecule has 150 valence electrons. The Labute approximate surface area is 172 Å². The standard InChI is InChI=1S/C25H28N2O2/c1-18(17-29-2)8-9-19-10-12-21(13-11-19)25(28)27-24-16-22(14-15-23(24)26)20-6-4-3-5-7-20/h3-7,10-16,18H,8-9,17,26H2,1-2H3,(H,27,28). The zero-order valence-corrected chi connectivity index (χ0v) is 17.0. The van der Waals surface area contributed by atoms with Crippen molar-refractivity contribution in [2.24, 2.45) is 5.92 Å². The van der Waals surface area contributed by atoms with E-state index in [-0.39, 0.29) is 5.91 Å². The number of carbonyl (C=O) groups excluding carboxylic acids is 1. The van der Waals surface area contributed by atoms with Gasteiger partial charge in [-0.15, -0.1) is 0 Å². The molecule has 0 heterocycles. The molecule has 0 fully saturated rings.